The van der Waals surface area contributed by atoms with Gasteiger partial charge in [0.1, 0.15) is 11.4 Å². The summed E-state index contributed by atoms with van der Waals surface area (Å²) in [6, 6.07) is 11.5. The molecule has 0 radical (unpaired) electrons. The summed E-state index contributed by atoms with van der Waals surface area (Å²) >= 11 is 5.91. The highest BCUT2D eigenvalue weighted by Crippen LogP contribution is 2.39. The van der Waals surface area contributed by atoms with Crippen LogP contribution in [0.3, 0.4) is 0 Å². The van der Waals surface area contributed by atoms with E-state index in [9.17, 15) is 4.79 Å². The number of ether oxygens (including phenoxy) is 2. The summed E-state index contributed by atoms with van der Waals surface area (Å²) in [5.41, 5.74) is 1.81. The van der Waals surface area contributed by atoms with E-state index in [2.05, 4.69) is 29.0 Å². The lowest BCUT2D eigenvalue weighted by molar-refractivity contribution is -0.136. The Bertz CT molecular complexity index is 784. The van der Waals surface area contributed by atoms with Crippen LogP contribution in [0.25, 0.3) is 0 Å². The van der Waals surface area contributed by atoms with Crippen LogP contribution in [-0.4, -0.2) is 23.7 Å². The van der Waals surface area contributed by atoms with E-state index < -0.39 is 5.97 Å². The maximum atomic E-state index is 11.2. The maximum absolute atomic E-state index is 11.2. The van der Waals surface area contributed by atoms with Gasteiger partial charge in [0, 0.05) is 10.9 Å². The van der Waals surface area contributed by atoms with Crippen molar-refractivity contribution in [2.45, 2.75) is 31.8 Å². The Hall–Kier alpha value is -2.51. The second kappa shape index (κ2) is 8.04. The van der Waals surface area contributed by atoms with E-state index >= 15 is 0 Å². The number of rotatable bonds is 4. The van der Waals surface area contributed by atoms with Crippen LogP contribution in [0.4, 0.5) is 0 Å². The number of hydrogen-bond acceptors (Lipinski definition) is 4. The third-order valence-corrected chi connectivity index (χ3v) is 4.30. The molecule has 0 spiro atoms. The predicted molar refractivity (Wildman–Crippen MR) is 95.6 cm³/mol. The fourth-order valence-electron chi connectivity index (χ4n) is 2.67. The lowest BCUT2D eigenvalue weighted by atomic mass is 9.77. The molecule has 1 fully saturated rings. The zero-order valence-electron chi connectivity index (χ0n) is 13.9. The van der Waals surface area contributed by atoms with Crippen LogP contribution in [0.15, 0.2) is 42.6 Å². The maximum Gasteiger partial charge on any atom is 0.384 e. The molecule has 5 heteroatoms. The number of halogens is 1. The Labute approximate surface area is 152 Å². The first kappa shape index (κ1) is 17.3. The van der Waals surface area contributed by atoms with Crippen molar-refractivity contribution in [3.8, 4) is 17.6 Å². The number of pyridine rings is 1. The molecule has 3 rings (SSSR count). The minimum Gasteiger partial charge on any atom is -0.489 e. The highest BCUT2D eigenvalue weighted by molar-refractivity contribution is 6.30. The molecule has 1 heterocycles. The lowest BCUT2D eigenvalue weighted by Gasteiger charge is -2.35. The van der Waals surface area contributed by atoms with Crippen LogP contribution < -0.4 is 4.74 Å². The average Bonchev–Trinajstić information content (AvgIpc) is 2.58. The van der Waals surface area contributed by atoms with Gasteiger partial charge in [-0.25, -0.2) is 9.78 Å². The summed E-state index contributed by atoms with van der Waals surface area (Å²) in [6.07, 6.45) is 3.78. The Morgan fingerprint density at radius 2 is 2.00 bits per heavy atom. The van der Waals surface area contributed by atoms with Gasteiger partial charge in [-0.15, -0.1) is 0 Å². The van der Waals surface area contributed by atoms with Gasteiger partial charge >= 0.3 is 5.97 Å². The first-order valence-corrected chi connectivity index (χ1v) is 8.59. The minimum atomic E-state index is -0.549. The molecule has 2 aromatic rings. The number of benzene rings is 1. The molecule has 0 aliphatic heterocycles. The van der Waals surface area contributed by atoms with Crippen LogP contribution in [0.2, 0.25) is 5.02 Å². The second-order valence-corrected chi connectivity index (χ2v) is 6.25. The summed E-state index contributed by atoms with van der Waals surface area (Å²) in [6.45, 7) is 2.05. The molecular weight excluding hydrogens is 338 g/mol. The molecule has 0 amide bonds. The number of carbonyl (C=O) groups excluding carboxylic acids is 1. The van der Waals surface area contributed by atoms with Gasteiger partial charge in [0.05, 0.1) is 18.9 Å². The molecular formula is C20H18ClNO3. The Kier molecular flexibility index (Phi) is 5.57. The van der Waals surface area contributed by atoms with Crippen molar-refractivity contribution in [2.75, 3.05) is 6.61 Å². The SMILES string of the molecule is CCOC(=O)C#Cc1ccc(OC2CC(c3ccc(Cl)cc3)C2)cn1. The van der Waals surface area contributed by atoms with E-state index in [0.29, 0.717) is 24.0 Å². The Morgan fingerprint density at radius 3 is 2.64 bits per heavy atom. The molecule has 128 valence electrons. The van der Waals surface area contributed by atoms with Gasteiger partial charge in [-0.2, -0.15) is 0 Å². The second-order valence-electron chi connectivity index (χ2n) is 5.81. The molecule has 0 N–H and O–H groups in total. The van der Waals surface area contributed by atoms with Gasteiger partial charge in [0.25, 0.3) is 0 Å². The number of aromatic nitrogens is 1. The summed E-state index contributed by atoms with van der Waals surface area (Å²) in [7, 11) is 0. The van der Waals surface area contributed by atoms with Crippen LogP contribution in [0, 0.1) is 11.8 Å². The largest absolute Gasteiger partial charge is 0.489 e. The molecule has 1 aliphatic rings. The van der Waals surface area contributed by atoms with E-state index in [1.54, 1.807) is 19.2 Å². The standard InChI is InChI=1S/C20H18ClNO3/c1-2-24-20(23)10-8-17-7-9-18(13-22-17)25-19-11-15(12-19)14-3-5-16(21)6-4-14/h3-7,9,13,15,19H,2,11-12H2,1H3. The van der Waals surface area contributed by atoms with E-state index in [0.717, 1.165) is 17.9 Å². The summed E-state index contributed by atoms with van der Waals surface area (Å²) in [5.74, 6) is 5.73. The predicted octanol–water partition coefficient (Wildman–Crippen LogP) is 3.97. The van der Waals surface area contributed by atoms with E-state index in [1.807, 2.05) is 18.2 Å². The van der Waals surface area contributed by atoms with Crippen LogP contribution in [-0.2, 0) is 9.53 Å². The first-order valence-electron chi connectivity index (χ1n) is 8.21. The molecule has 0 unspecified atom stereocenters. The normalized spacial score (nSPS) is 18.5. The molecule has 1 aromatic heterocycles. The van der Waals surface area contributed by atoms with Gasteiger partial charge in [-0.3, -0.25) is 0 Å². The van der Waals surface area contributed by atoms with Crippen molar-refractivity contribution < 1.29 is 14.3 Å². The third kappa shape index (κ3) is 4.74. The monoisotopic (exact) mass is 355 g/mol. The van der Waals surface area contributed by atoms with Crippen molar-refractivity contribution in [3.05, 3.63) is 58.9 Å². The fraction of sp³-hybridized carbons (Fsp3) is 0.300. The van der Waals surface area contributed by atoms with Crippen molar-refractivity contribution in [1.29, 1.82) is 0 Å². The van der Waals surface area contributed by atoms with Gasteiger partial charge in [0.15, 0.2) is 0 Å². The van der Waals surface area contributed by atoms with Crippen LogP contribution in [0.1, 0.15) is 36.9 Å². The van der Waals surface area contributed by atoms with Gasteiger partial charge in [-0.1, -0.05) is 23.7 Å². The average molecular weight is 356 g/mol. The molecule has 25 heavy (non-hydrogen) atoms. The van der Waals surface area contributed by atoms with E-state index in [1.165, 1.54) is 5.56 Å². The van der Waals surface area contributed by atoms with Crippen molar-refractivity contribution in [1.82, 2.24) is 4.98 Å². The molecule has 4 nitrogen and oxygen atoms in total. The Morgan fingerprint density at radius 1 is 1.24 bits per heavy atom. The fourth-order valence-corrected chi connectivity index (χ4v) is 2.79. The van der Waals surface area contributed by atoms with E-state index in [4.69, 9.17) is 21.1 Å². The Balaban J connectivity index is 1.50. The van der Waals surface area contributed by atoms with Crippen LogP contribution >= 0.6 is 11.6 Å². The number of hydrogen-bond donors (Lipinski definition) is 0. The molecule has 1 aromatic carbocycles. The summed E-state index contributed by atoms with van der Waals surface area (Å²) < 4.78 is 10.7. The molecule has 1 saturated carbocycles. The quantitative estimate of drug-likeness (QED) is 0.615. The number of nitrogens with zero attached hydrogens (tertiary/aromatic N) is 1. The topological polar surface area (TPSA) is 48.4 Å². The summed E-state index contributed by atoms with van der Waals surface area (Å²) in [5, 5.41) is 0.757. The highest BCUT2D eigenvalue weighted by atomic mass is 35.5. The van der Waals surface area contributed by atoms with Crippen molar-refractivity contribution in [3.63, 3.8) is 0 Å². The zero-order valence-corrected chi connectivity index (χ0v) is 14.6. The third-order valence-electron chi connectivity index (χ3n) is 4.04. The van der Waals surface area contributed by atoms with Crippen molar-refractivity contribution >= 4 is 17.6 Å². The first-order chi connectivity index (χ1) is 12.1. The molecule has 0 bridgehead atoms. The molecule has 1 aliphatic carbocycles. The van der Waals surface area contributed by atoms with Gasteiger partial charge in [0.2, 0.25) is 0 Å². The highest BCUT2D eigenvalue weighted by Gasteiger charge is 2.31. The number of esters is 1. The van der Waals surface area contributed by atoms with Crippen molar-refractivity contribution in [2.24, 2.45) is 0 Å². The van der Waals surface area contributed by atoms with Crippen LogP contribution in [0.5, 0.6) is 5.75 Å². The molecule has 0 saturated heterocycles. The lowest BCUT2D eigenvalue weighted by Crippen LogP contribution is -2.32. The minimum absolute atomic E-state index is 0.193. The van der Waals surface area contributed by atoms with E-state index in [-0.39, 0.29) is 6.10 Å². The molecule has 0 atom stereocenters. The summed E-state index contributed by atoms with van der Waals surface area (Å²) in [4.78, 5) is 15.4. The van der Waals surface area contributed by atoms with Gasteiger partial charge in [-0.05, 0) is 61.4 Å². The zero-order chi connectivity index (χ0) is 17.6. The number of carbonyl (C=O) groups is 1. The van der Waals surface area contributed by atoms with Gasteiger partial charge < -0.3 is 9.47 Å². The smallest absolute Gasteiger partial charge is 0.384 e.